The molecule has 4 heteroatoms. The fraction of sp³-hybridized carbons (Fsp3) is 0.167. The number of methoxy groups -OCH3 is 1. The Labute approximate surface area is 101 Å². The lowest BCUT2D eigenvalue weighted by molar-refractivity contribution is 0.281. The summed E-state index contributed by atoms with van der Waals surface area (Å²) in [5.41, 5.74) is 0.654. The van der Waals surface area contributed by atoms with Crippen LogP contribution in [-0.2, 0) is 6.61 Å². The lowest BCUT2D eigenvalue weighted by Gasteiger charge is -2.10. The van der Waals surface area contributed by atoms with E-state index in [4.69, 9.17) is 9.84 Å². The van der Waals surface area contributed by atoms with Gasteiger partial charge in [-0.25, -0.2) is 0 Å². The van der Waals surface area contributed by atoms with E-state index < -0.39 is 0 Å². The van der Waals surface area contributed by atoms with Crippen LogP contribution in [0.2, 0.25) is 0 Å². The quantitative estimate of drug-likeness (QED) is 0.891. The molecule has 0 atom stereocenters. The molecule has 0 aliphatic heterocycles. The molecule has 3 nitrogen and oxygen atoms in total. The minimum absolute atomic E-state index is 0.112. The first kappa shape index (κ1) is 11.2. The number of ether oxygens (including phenoxy) is 1. The van der Waals surface area contributed by atoms with Crippen LogP contribution >= 0.6 is 15.9 Å². The van der Waals surface area contributed by atoms with Gasteiger partial charge >= 0.3 is 0 Å². The standard InChI is InChI=1S/C12H11BrO3/c1-16-12-9-4-7(6-14)5-11(15)8(9)2-3-10(12)13/h2-5,14-15H,6H2,1H3. The SMILES string of the molecule is COc1c(Br)ccc2c(O)cc(CO)cc12. The predicted molar refractivity (Wildman–Crippen MR) is 65.8 cm³/mol. The van der Waals surface area contributed by atoms with Gasteiger partial charge in [0.25, 0.3) is 0 Å². The molecular formula is C12H11BrO3. The molecule has 2 aromatic rings. The first-order valence-electron chi connectivity index (χ1n) is 4.76. The van der Waals surface area contributed by atoms with Crippen molar-refractivity contribution in [2.75, 3.05) is 7.11 Å². The van der Waals surface area contributed by atoms with Gasteiger partial charge in [0.05, 0.1) is 18.2 Å². The zero-order chi connectivity index (χ0) is 11.7. The van der Waals surface area contributed by atoms with Crippen molar-refractivity contribution in [1.29, 1.82) is 0 Å². The Bertz CT molecular complexity index is 537. The molecule has 0 spiro atoms. The Morgan fingerprint density at radius 1 is 1.25 bits per heavy atom. The summed E-state index contributed by atoms with van der Waals surface area (Å²) < 4.78 is 6.09. The molecule has 0 aliphatic carbocycles. The highest BCUT2D eigenvalue weighted by atomic mass is 79.9. The minimum Gasteiger partial charge on any atom is -0.507 e. The highest BCUT2D eigenvalue weighted by molar-refractivity contribution is 9.10. The van der Waals surface area contributed by atoms with Crippen LogP contribution in [0, 0.1) is 0 Å². The largest absolute Gasteiger partial charge is 0.507 e. The van der Waals surface area contributed by atoms with Crippen molar-refractivity contribution in [3.8, 4) is 11.5 Å². The third kappa shape index (κ3) is 1.74. The van der Waals surface area contributed by atoms with Crippen LogP contribution in [0.5, 0.6) is 11.5 Å². The number of phenols is 1. The van der Waals surface area contributed by atoms with Gasteiger partial charge < -0.3 is 14.9 Å². The summed E-state index contributed by atoms with van der Waals surface area (Å²) in [6, 6.07) is 6.98. The van der Waals surface area contributed by atoms with E-state index in [1.165, 1.54) is 0 Å². The number of rotatable bonds is 2. The molecule has 0 aliphatic rings. The average molecular weight is 283 g/mol. The Morgan fingerprint density at radius 3 is 2.62 bits per heavy atom. The molecular weight excluding hydrogens is 272 g/mol. The van der Waals surface area contributed by atoms with Gasteiger partial charge in [-0.05, 0) is 45.8 Å². The maximum absolute atomic E-state index is 9.81. The van der Waals surface area contributed by atoms with Gasteiger partial charge in [-0.1, -0.05) is 0 Å². The summed E-state index contributed by atoms with van der Waals surface area (Å²) in [5, 5.41) is 20.4. The molecule has 0 radical (unpaired) electrons. The van der Waals surface area contributed by atoms with Crippen molar-refractivity contribution >= 4 is 26.7 Å². The molecule has 0 aromatic heterocycles. The minimum atomic E-state index is -0.112. The molecule has 0 saturated heterocycles. The molecule has 0 amide bonds. The van der Waals surface area contributed by atoms with Gasteiger partial charge in [-0.3, -0.25) is 0 Å². The second kappa shape index (κ2) is 4.31. The number of benzene rings is 2. The number of hydrogen-bond donors (Lipinski definition) is 2. The normalized spacial score (nSPS) is 10.7. The second-order valence-corrected chi connectivity index (χ2v) is 4.30. The van der Waals surface area contributed by atoms with Crippen molar-refractivity contribution in [1.82, 2.24) is 0 Å². The molecule has 16 heavy (non-hydrogen) atoms. The third-order valence-corrected chi connectivity index (χ3v) is 3.09. The van der Waals surface area contributed by atoms with Crippen molar-refractivity contribution in [3.63, 3.8) is 0 Å². The monoisotopic (exact) mass is 282 g/mol. The zero-order valence-electron chi connectivity index (χ0n) is 8.70. The van der Waals surface area contributed by atoms with Gasteiger partial charge in [0.15, 0.2) is 0 Å². The van der Waals surface area contributed by atoms with Crippen LogP contribution < -0.4 is 4.74 Å². The molecule has 2 rings (SSSR count). The van der Waals surface area contributed by atoms with Gasteiger partial charge in [0.1, 0.15) is 11.5 Å². The fourth-order valence-electron chi connectivity index (χ4n) is 1.72. The van der Waals surface area contributed by atoms with E-state index >= 15 is 0 Å². The van der Waals surface area contributed by atoms with Crippen molar-refractivity contribution in [3.05, 3.63) is 34.3 Å². The zero-order valence-corrected chi connectivity index (χ0v) is 10.3. The summed E-state index contributed by atoms with van der Waals surface area (Å²) in [6.45, 7) is -0.112. The fourth-order valence-corrected chi connectivity index (χ4v) is 2.23. The third-order valence-electron chi connectivity index (χ3n) is 2.46. The summed E-state index contributed by atoms with van der Waals surface area (Å²) in [5.74, 6) is 0.801. The topological polar surface area (TPSA) is 49.7 Å². The molecule has 0 bridgehead atoms. The lowest BCUT2D eigenvalue weighted by Crippen LogP contribution is -1.89. The van der Waals surface area contributed by atoms with Gasteiger partial charge in [-0.15, -0.1) is 0 Å². The summed E-state index contributed by atoms with van der Waals surface area (Å²) in [7, 11) is 1.57. The average Bonchev–Trinajstić information content (AvgIpc) is 2.28. The van der Waals surface area contributed by atoms with Crippen LogP contribution in [0.15, 0.2) is 28.7 Å². The van der Waals surface area contributed by atoms with Gasteiger partial charge in [0, 0.05) is 10.8 Å². The van der Waals surface area contributed by atoms with Gasteiger partial charge in [-0.2, -0.15) is 0 Å². The lowest BCUT2D eigenvalue weighted by atomic mass is 10.1. The Kier molecular flexibility index (Phi) is 3.03. The van der Waals surface area contributed by atoms with E-state index in [0.29, 0.717) is 16.7 Å². The molecule has 0 unspecified atom stereocenters. The maximum atomic E-state index is 9.81. The highest BCUT2D eigenvalue weighted by Crippen LogP contribution is 2.37. The van der Waals surface area contributed by atoms with Crippen LogP contribution in [0.25, 0.3) is 10.8 Å². The first-order valence-corrected chi connectivity index (χ1v) is 5.55. The molecule has 0 fully saturated rings. The van der Waals surface area contributed by atoms with E-state index in [1.807, 2.05) is 6.07 Å². The number of fused-ring (bicyclic) bond motifs is 1. The van der Waals surface area contributed by atoms with Crippen LogP contribution in [0.1, 0.15) is 5.56 Å². The predicted octanol–water partition coefficient (Wildman–Crippen LogP) is 2.81. The van der Waals surface area contributed by atoms with Crippen molar-refractivity contribution in [2.24, 2.45) is 0 Å². The molecule has 0 heterocycles. The van der Waals surface area contributed by atoms with Crippen LogP contribution in [0.3, 0.4) is 0 Å². The Hall–Kier alpha value is -1.26. The number of hydrogen-bond acceptors (Lipinski definition) is 3. The number of halogens is 1. The Balaban J connectivity index is 2.85. The van der Waals surface area contributed by atoms with E-state index in [0.717, 1.165) is 9.86 Å². The van der Waals surface area contributed by atoms with Crippen molar-refractivity contribution < 1.29 is 14.9 Å². The molecule has 2 N–H and O–H groups in total. The number of aliphatic hydroxyl groups is 1. The van der Waals surface area contributed by atoms with Crippen LogP contribution in [-0.4, -0.2) is 17.3 Å². The van der Waals surface area contributed by atoms with E-state index in [1.54, 1.807) is 25.3 Å². The summed E-state index contributed by atoms with van der Waals surface area (Å²) in [6.07, 6.45) is 0. The summed E-state index contributed by atoms with van der Waals surface area (Å²) in [4.78, 5) is 0. The molecule has 2 aromatic carbocycles. The van der Waals surface area contributed by atoms with E-state index in [9.17, 15) is 5.11 Å². The molecule has 0 saturated carbocycles. The number of aliphatic hydroxyl groups excluding tert-OH is 1. The van der Waals surface area contributed by atoms with Gasteiger partial charge in [0.2, 0.25) is 0 Å². The first-order chi connectivity index (χ1) is 7.67. The smallest absolute Gasteiger partial charge is 0.141 e. The molecule has 84 valence electrons. The second-order valence-electron chi connectivity index (χ2n) is 3.45. The summed E-state index contributed by atoms with van der Waals surface area (Å²) >= 11 is 3.38. The number of phenolic OH excluding ortho intramolecular Hbond substituents is 1. The number of aromatic hydroxyl groups is 1. The maximum Gasteiger partial charge on any atom is 0.141 e. The van der Waals surface area contributed by atoms with E-state index in [2.05, 4.69) is 15.9 Å². The van der Waals surface area contributed by atoms with E-state index in [-0.39, 0.29) is 12.4 Å². The van der Waals surface area contributed by atoms with Crippen LogP contribution in [0.4, 0.5) is 0 Å². The highest BCUT2D eigenvalue weighted by Gasteiger charge is 2.10. The Morgan fingerprint density at radius 2 is 2.00 bits per heavy atom. The van der Waals surface area contributed by atoms with Crippen molar-refractivity contribution in [2.45, 2.75) is 6.61 Å².